The molecule has 4 heterocycles. The molecular formula is C15H17N7O2. The van der Waals surface area contributed by atoms with Gasteiger partial charge in [-0.3, -0.25) is 4.79 Å². The van der Waals surface area contributed by atoms with Crippen LogP contribution in [-0.2, 0) is 4.79 Å². The topological polar surface area (TPSA) is 106 Å². The molecule has 4 rings (SSSR count). The molecular weight excluding hydrogens is 310 g/mol. The van der Waals surface area contributed by atoms with Gasteiger partial charge in [0.1, 0.15) is 5.82 Å². The number of furan rings is 1. The van der Waals surface area contributed by atoms with Crippen molar-refractivity contribution < 1.29 is 9.21 Å². The van der Waals surface area contributed by atoms with Gasteiger partial charge in [-0.15, -0.1) is 5.10 Å². The molecule has 3 aromatic heterocycles. The Balaban J connectivity index is 1.64. The molecule has 1 aliphatic heterocycles. The minimum absolute atomic E-state index is 0.0955. The molecule has 1 aliphatic rings. The molecule has 124 valence electrons. The van der Waals surface area contributed by atoms with Gasteiger partial charge >= 0.3 is 0 Å². The van der Waals surface area contributed by atoms with E-state index in [1.807, 2.05) is 11.0 Å². The second kappa shape index (κ2) is 5.52. The number of rotatable bonds is 2. The molecule has 3 aromatic rings. The van der Waals surface area contributed by atoms with Crippen molar-refractivity contribution in [2.75, 3.05) is 36.8 Å². The lowest BCUT2D eigenvalue weighted by Gasteiger charge is -2.34. The number of anilines is 2. The summed E-state index contributed by atoms with van der Waals surface area (Å²) >= 11 is 0. The van der Waals surface area contributed by atoms with Gasteiger partial charge in [0.2, 0.25) is 17.7 Å². The van der Waals surface area contributed by atoms with Crippen molar-refractivity contribution in [3.05, 3.63) is 24.5 Å². The van der Waals surface area contributed by atoms with E-state index in [1.165, 1.54) is 4.52 Å². The number of fused-ring (bicyclic) bond motifs is 1. The molecule has 9 nitrogen and oxygen atoms in total. The van der Waals surface area contributed by atoms with Crippen LogP contribution in [0.25, 0.3) is 17.2 Å². The highest BCUT2D eigenvalue weighted by atomic mass is 16.3. The number of hydrogen-bond acceptors (Lipinski definition) is 7. The standard InChI is InChI=1S/C15H17N7O2/c1-10(23)20-4-6-21(7-5-20)12-9-13-17-14(11-3-2-8-24-11)19-22(13)15(16)18-12/h2-3,8-9H,4-7H2,1H3,(H2,16,18). The molecule has 0 atom stereocenters. The fraction of sp³-hybridized carbons (Fsp3) is 0.333. The maximum atomic E-state index is 11.4. The Hall–Kier alpha value is -3.10. The smallest absolute Gasteiger partial charge is 0.225 e. The van der Waals surface area contributed by atoms with Crippen LogP contribution in [0.2, 0.25) is 0 Å². The van der Waals surface area contributed by atoms with Crippen molar-refractivity contribution in [2.45, 2.75) is 6.92 Å². The molecule has 0 spiro atoms. The summed E-state index contributed by atoms with van der Waals surface area (Å²) in [5.74, 6) is 2.14. The highest BCUT2D eigenvalue weighted by Gasteiger charge is 2.21. The summed E-state index contributed by atoms with van der Waals surface area (Å²) in [6, 6.07) is 5.42. The average molecular weight is 327 g/mol. The van der Waals surface area contributed by atoms with Gasteiger partial charge in [0.25, 0.3) is 0 Å². The first-order valence-corrected chi connectivity index (χ1v) is 7.69. The van der Waals surface area contributed by atoms with E-state index in [1.54, 1.807) is 25.3 Å². The number of carbonyl (C=O) groups is 1. The Bertz CT molecular complexity index is 879. The molecule has 1 amide bonds. The largest absolute Gasteiger partial charge is 0.461 e. The molecule has 1 saturated heterocycles. The normalized spacial score (nSPS) is 15.2. The van der Waals surface area contributed by atoms with Gasteiger partial charge in [-0.2, -0.15) is 9.50 Å². The predicted molar refractivity (Wildman–Crippen MR) is 87.4 cm³/mol. The highest BCUT2D eigenvalue weighted by Crippen LogP contribution is 2.21. The van der Waals surface area contributed by atoms with E-state index in [4.69, 9.17) is 10.2 Å². The van der Waals surface area contributed by atoms with Crippen molar-refractivity contribution in [1.82, 2.24) is 24.5 Å². The number of amides is 1. The van der Waals surface area contributed by atoms with Crippen LogP contribution >= 0.6 is 0 Å². The van der Waals surface area contributed by atoms with Crippen molar-refractivity contribution in [3.63, 3.8) is 0 Å². The monoisotopic (exact) mass is 327 g/mol. The molecule has 0 aromatic carbocycles. The molecule has 0 aliphatic carbocycles. The van der Waals surface area contributed by atoms with E-state index < -0.39 is 0 Å². The Labute approximate surface area is 137 Å². The van der Waals surface area contributed by atoms with E-state index in [0.717, 1.165) is 5.82 Å². The molecule has 0 bridgehead atoms. The Morgan fingerprint density at radius 1 is 1.25 bits per heavy atom. The first kappa shape index (κ1) is 14.5. The van der Waals surface area contributed by atoms with Crippen LogP contribution in [0.15, 0.2) is 28.9 Å². The van der Waals surface area contributed by atoms with E-state index in [-0.39, 0.29) is 11.9 Å². The van der Waals surface area contributed by atoms with Crippen LogP contribution in [0.4, 0.5) is 11.8 Å². The second-order valence-electron chi connectivity index (χ2n) is 5.65. The number of piperazine rings is 1. The highest BCUT2D eigenvalue weighted by molar-refractivity contribution is 5.73. The first-order valence-electron chi connectivity index (χ1n) is 7.69. The van der Waals surface area contributed by atoms with Crippen LogP contribution in [0.3, 0.4) is 0 Å². The minimum atomic E-state index is 0.0955. The fourth-order valence-corrected chi connectivity index (χ4v) is 2.82. The molecule has 0 radical (unpaired) electrons. The number of carbonyl (C=O) groups excluding carboxylic acids is 1. The predicted octanol–water partition coefficient (Wildman–Crippen LogP) is 0.635. The second-order valence-corrected chi connectivity index (χ2v) is 5.65. The lowest BCUT2D eigenvalue weighted by Crippen LogP contribution is -2.48. The number of aromatic nitrogens is 4. The van der Waals surface area contributed by atoms with E-state index in [0.29, 0.717) is 43.4 Å². The van der Waals surface area contributed by atoms with Gasteiger partial charge in [0, 0.05) is 39.2 Å². The number of nitrogens with zero attached hydrogens (tertiary/aromatic N) is 6. The van der Waals surface area contributed by atoms with E-state index in [2.05, 4.69) is 20.0 Å². The zero-order valence-corrected chi connectivity index (χ0v) is 13.2. The summed E-state index contributed by atoms with van der Waals surface area (Å²) < 4.78 is 6.82. The third kappa shape index (κ3) is 2.43. The summed E-state index contributed by atoms with van der Waals surface area (Å²) in [5.41, 5.74) is 6.64. The Kier molecular flexibility index (Phi) is 3.33. The third-order valence-corrected chi connectivity index (χ3v) is 4.13. The van der Waals surface area contributed by atoms with E-state index >= 15 is 0 Å². The van der Waals surface area contributed by atoms with Crippen molar-refractivity contribution in [2.24, 2.45) is 0 Å². The van der Waals surface area contributed by atoms with Gasteiger partial charge < -0.3 is 20.0 Å². The van der Waals surface area contributed by atoms with Gasteiger partial charge in [0.05, 0.1) is 6.26 Å². The number of nitrogens with two attached hydrogens (primary N) is 1. The summed E-state index contributed by atoms with van der Waals surface area (Å²) in [5, 5.41) is 4.33. The maximum Gasteiger partial charge on any atom is 0.225 e. The fourth-order valence-electron chi connectivity index (χ4n) is 2.82. The molecule has 2 N–H and O–H groups in total. The number of hydrogen-bond donors (Lipinski definition) is 1. The quantitative estimate of drug-likeness (QED) is 0.736. The Morgan fingerprint density at radius 2 is 2.04 bits per heavy atom. The van der Waals surface area contributed by atoms with Crippen molar-refractivity contribution in [1.29, 1.82) is 0 Å². The van der Waals surface area contributed by atoms with E-state index in [9.17, 15) is 4.79 Å². The van der Waals surface area contributed by atoms with Crippen LogP contribution < -0.4 is 10.6 Å². The molecule has 0 saturated carbocycles. The molecule has 1 fully saturated rings. The van der Waals surface area contributed by atoms with Crippen LogP contribution in [0.1, 0.15) is 6.92 Å². The average Bonchev–Trinajstić information content (AvgIpc) is 3.24. The first-order chi connectivity index (χ1) is 11.6. The van der Waals surface area contributed by atoms with Crippen LogP contribution in [-0.4, -0.2) is 56.6 Å². The maximum absolute atomic E-state index is 11.4. The summed E-state index contributed by atoms with van der Waals surface area (Å²) in [6.07, 6.45) is 1.57. The number of nitrogen functional groups attached to an aromatic ring is 1. The molecule has 9 heteroatoms. The van der Waals surface area contributed by atoms with Crippen LogP contribution in [0.5, 0.6) is 0 Å². The van der Waals surface area contributed by atoms with Gasteiger partial charge in [-0.05, 0) is 12.1 Å². The summed E-state index contributed by atoms with van der Waals surface area (Å²) in [6.45, 7) is 4.35. The third-order valence-electron chi connectivity index (χ3n) is 4.13. The summed E-state index contributed by atoms with van der Waals surface area (Å²) in [4.78, 5) is 24.2. The summed E-state index contributed by atoms with van der Waals surface area (Å²) in [7, 11) is 0. The zero-order valence-electron chi connectivity index (χ0n) is 13.2. The van der Waals surface area contributed by atoms with Crippen molar-refractivity contribution in [3.8, 4) is 11.6 Å². The van der Waals surface area contributed by atoms with Gasteiger partial charge in [-0.25, -0.2) is 4.98 Å². The van der Waals surface area contributed by atoms with Crippen molar-refractivity contribution >= 4 is 23.3 Å². The lowest BCUT2D eigenvalue weighted by molar-refractivity contribution is -0.129. The SMILES string of the molecule is CC(=O)N1CCN(c2cc3nc(-c4ccco4)nn3c(N)n2)CC1. The molecule has 24 heavy (non-hydrogen) atoms. The zero-order chi connectivity index (χ0) is 16.7. The van der Waals surface area contributed by atoms with Crippen LogP contribution in [0, 0.1) is 0 Å². The Morgan fingerprint density at radius 3 is 2.71 bits per heavy atom. The lowest BCUT2D eigenvalue weighted by atomic mass is 10.3. The molecule has 0 unspecified atom stereocenters. The minimum Gasteiger partial charge on any atom is -0.461 e. The van der Waals surface area contributed by atoms with Gasteiger partial charge in [-0.1, -0.05) is 0 Å². The van der Waals surface area contributed by atoms with Gasteiger partial charge in [0.15, 0.2) is 11.4 Å².